The molecule has 1 amide bonds. The number of nitrogens with zero attached hydrogens (tertiary/aromatic N) is 4. The summed E-state index contributed by atoms with van der Waals surface area (Å²) in [6.07, 6.45) is 6.65. The van der Waals surface area contributed by atoms with Gasteiger partial charge in [-0.1, -0.05) is 36.8 Å². The topological polar surface area (TPSA) is 40.9 Å². The van der Waals surface area contributed by atoms with Crippen molar-refractivity contribution in [3.8, 4) is 0 Å². The smallest absolute Gasteiger partial charge is 0.274 e. The van der Waals surface area contributed by atoms with Gasteiger partial charge in [0.25, 0.3) is 5.91 Å². The number of carbonyl (C=O) groups excluding carboxylic acids is 1. The minimum absolute atomic E-state index is 0.0199. The number of benzene rings is 1. The highest BCUT2D eigenvalue weighted by Gasteiger charge is 2.26. The summed E-state index contributed by atoms with van der Waals surface area (Å²) in [6.45, 7) is 4.86. The van der Waals surface area contributed by atoms with Crippen LogP contribution in [-0.4, -0.2) is 51.3 Å². The summed E-state index contributed by atoms with van der Waals surface area (Å²) in [5.74, 6) is 0.0199. The number of carbonyl (C=O) groups is 1. The first-order chi connectivity index (χ1) is 13.6. The van der Waals surface area contributed by atoms with Crippen molar-refractivity contribution in [2.24, 2.45) is 0 Å². The first-order valence-corrected chi connectivity index (χ1v) is 11.0. The third-order valence-electron chi connectivity index (χ3n) is 5.78. The molecule has 0 saturated carbocycles. The molecular formula is C22H28N4OS. The zero-order valence-electron chi connectivity index (χ0n) is 16.7. The van der Waals surface area contributed by atoms with Gasteiger partial charge in [0.2, 0.25) is 0 Å². The fourth-order valence-corrected chi connectivity index (χ4v) is 4.70. The van der Waals surface area contributed by atoms with Gasteiger partial charge in [0, 0.05) is 37.8 Å². The van der Waals surface area contributed by atoms with Crippen LogP contribution >= 0.6 is 11.3 Å². The number of likely N-dealkylation sites (N-methyl/N-ethyl adjacent to an activating group) is 1. The summed E-state index contributed by atoms with van der Waals surface area (Å²) in [5, 5.41) is 2.04. The van der Waals surface area contributed by atoms with Crippen LogP contribution in [0.15, 0.2) is 41.9 Å². The number of hydrogen-bond donors (Lipinski definition) is 0. The van der Waals surface area contributed by atoms with Gasteiger partial charge in [-0.25, -0.2) is 4.98 Å². The standard InChI is InChI=1S/C22H28N4OS/c1-17-8-6-7-12-25(17)16-19-20(23-22-26(19)14-15-28-22)21(27)24(2)13-11-18-9-4-3-5-10-18/h3-5,9-10,14-15,17H,6-8,11-13,16H2,1-2H3/t17-/m0/s1. The number of rotatable bonds is 6. The van der Waals surface area contributed by atoms with E-state index in [1.54, 1.807) is 11.3 Å². The van der Waals surface area contributed by atoms with Gasteiger partial charge < -0.3 is 4.90 Å². The molecule has 1 fully saturated rings. The van der Waals surface area contributed by atoms with E-state index in [-0.39, 0.29) is 5.91 Å². The van der Waals surface area contributed by atoms with Crippen molar-refractivity contribution in [1.29, 1.82) is 0 Å². The molecule has 0 bridgehead atoms. The van der Waals surface area contributed by atoms with Gasteiger partial charge in [-0.2, -0.15) is 0 Å². The summed E-state index contributed by atoms with van der Waals surface area (Å²) >= 11 is 1.59. The highest BCUT2D eigenvalue weighted by molar-refractivity contribution is 7.15. The Morgan fingerprint density at radius 2 is 2.11 bits per heavy atom. The largest absolute Gasteiger partial charge is 0.340 e. The van der Waals surface area contributed by atoms with Crippen LogP contribution in [0.25, 0.3) is 4.96 Å². The molecule has 1 atom stereocenters. The molecule has 1 aromatic carbocycles. The number of likely N-dealkylation sites (tertiary alicyclic amines) is 1. The highest BCUT2D eigenvalue weighted by atomic mass is 32.1. The average molecular weight is 397 g/mol. The molecule has 0 N–H and O–H groups in total. The average Bonchev–Trinajstić information content (AvgIpc) is 3.30. The van der Waals surface area contributed by atoms with Gasteiger partial charge in [-0.05, 0) is 38.3 Å². The molecule has 0 aliphatic carbocycles. The second-order valence-corrected chi connectivity index (χ2v) is 8.61. The lowest BCUT2D eigenvalue weighted by molar-refractivity contribution is 0.0786. The molecule has 148 valence electrons. The van der Waals surface area contributed by atoms with Crippen LogP contribution in [-0.2, 0) is 13.0 Å². The lowest BCUT2D eigenvalue weighted by atomic mass is 10.0. The van der Waals surface area contributed by atoms with E-state index in [0.717, 1.165) is 30.2 Å². The molecule has 0 spiro atoms. The van der Waals surface area contributed by atoms with E-state index in [9.17, 15) is 4.79 Å². The number of hydrogen-bond acceptors (Lipinski definition) is 4. The van der Waals surface area contributed by atoms with Crippen LogP contribution in [0.5, 0.6) is 0 Å². The van der Waals surface area contributed by atoms with Crippen molar-refractivity contribution in [1.82, 2.24) is 19.2 Å². The molecule has 1 aliphatic heterocycles. The summed E-state index contributed by atoms with van der Waals surface area (Å²) in [5.41, 5.74) is 2.89. The van der Waals surface area contributed by atoms with E-state index in [2.05, 4.69) is 28.4 Å². The van der Waals surface area contributed by atoms with Crippen molar-refractivity contribution in [3.05, 3.63) is 58.9 Å². The maximum atomic E-state index is 13.2. The third kappa shape index (κ3) is 3.98. The summed E-state index contributed by atoms with van der Waals surface area (Å²) < 4.78 is 2.10. The molecule has 0 unspecified atom stereocenters. The minimum Gasteiger partial charge on any atom is -0.340 e. The van der Waals surface area contributed by atoms with Crippen molar-refractivity contribution in [2.45, 2.75) is 45.2 Å². The Labute approximate surface area is 170 Å². The van der Waals surface area contributed by atoms with Gasteiger partial charge >= 0.3 is 0 Å². The quantitative estimate of drug-likeness (QED) is 0.630. The number of amides is 1. The Bertz CT molecular complexity index is 933. The van der Waals surface area contributed by atoms with Crippen molar-refractivity contribution in [3.63, 3.8) is 0 Å². The van der Waals surface area contributed by atoms with Crippen LogP contribution < -0.4 is 0 Å². The van der Waals surface area contributed by atoms with E-state index in [4.69, 9.17) is 4.98 Å². The first kappa shape index (κ1) is 19.2. The van der Waals surface area contributed by atoms with Crippen LogP contribution in [0.4, 0.5) is 0 Å². The van der Waals surface area contributed by atoms with Gasteiger partial charge in [-0.15, -0.1) is 11.3 Å². The number of fused-ring (bicyclic) bond motifs is 1. The molecule has 3 aromatic rings. The molecule has 3 heterocycles. The lowest BCUT2D eigenvalue weighted by Crippen LogP contribution is -2.38. The molecule has 1 saturated heterocycles. The van der Waals surface area contributed by atoms with Crippen molar-refractivity contribution >= 4 is 22.2 Å². The second-order valence-electron chi connectivity index (χ2n) is 7.74. The SMILES string of the molecule is C[C@H]1CCCCN1Cc1c(C(=O)N(C)CCc2ccccc2)nc2sccn12. The number of thiazole rings is 1. The van der Waals surface area contributed by atoms with E-state index < -0.39 is 0 Å². The van der Waals surface area contributed by atoms with Gasteiger partial charge in [0.15, 0.2) is 10.7 Å². The zero-order valence-corrected chi connectivity index (χ0v) is 17.5. The lowest BCUT2D eigenvalue weighted by Gasteiger charge is -2.33. The van der Waals surface area contributed by atoms with Crippen molar-refractivity contribution in [2.75, 3.05) is 20.1 Å². The Balaban J connectivity index is 1.53. The summed E-state index contributed by atoms with van der Waals surface area (Å²) in [6, 6.07) is 10.9. The van der Waals surface area contributed by atoms with Gasteiger partial charge in [0.05, 0.1) is 5.69 Å². The van der Waals surface area contributed by atoms with Crippen LogP contribution in [0.1, 0.15) is 47.9 Å². The predicted octanol–water partition coefficient (Wildman–Crippen LogP) is 4.08. The fraction of sp³-hybridized carbons (Fsp3) is 0.455. The number of aromatic nitrogens is 2. The molecule has 0 radical (unpaired) electrons. The fourth-order valence-electron chi connectivity index (χ4n) is 3.96. The number of piperidine rings is 1. The predicted molar refractivity (Wildman–Crippen MR) is 114 cm³/mol. The minimum atomic E-state index is 0.0199. The maximum absolute atomic E-state index is 13.2. The van der Waals surface area contributed by atoms with Crippen LogP contribution in [0.2, 0.25) is 0 Å². The van der Waals surface area contributed by atoms with E-state index >= 15 is 0 Å². The van der Waals surface area contributed by atoms with Gasteiger partial charge in [-0.3, -0.25) is 14.1 Å². The Morgan fingerprint density at radius 3 is 2.89 bits per heavy atom. The monoisotopic (exact) mass is 396 g/mol. The van der Waals surface area contributed by atoms with Crippen LogP contribution in [0, 0.1) is 0 Å². The number of imidazole rings is 1. The molecule has 6 heteroatoms. The first-order valence-electron chi connectivity index (χ1n) is 10.1. The Morgan fingerprint density at radius 1 is 1.29 bits per heavy atom. The van der Waals surface area contributed by atoms with E-state index in [1.807, 2.05) is 41.7 Å². The molecular weight excluding hydrogens is 368 g/mol. The highest BCUT2D eigenvalue weighted by Crippen LogP contribution is 2.24. The molecule has 28 heavy (non-hydrogen) atoms. The Kier molecular flexibility index (Phi) is 5.78. The second kappa shape index (κ2) is 8.45. The third-order valence-corrected chi connectivity index (χ3v) is 6.54. The van der Waals surface area contributed by atoms with Crippen molar-refractivity contribution < 1.29 is 4.79 Å². The Hall–Kier alpha value is -2.18. The molecule has 5 nitrogen and oxygen atoms in total. The van der Waals surface area contributed by atoms with Gasteiger partial charge in [0.1, 0.15) is 0 Å². The molecule has 4 rings (SSSR count). The summed E-state index contributed by atoms with van der Waals surface area (Å²) in [7, 11) is 1.88. The zero-order chi connectivity index (χ0) is 19.5. The molecule has 1 aliphatic rings. The normalized spacial score (nSPS) is 17.9. The molecule has 2 aromatic heterocycles. The summed E-state index contributed by atoms with van der Waals surface area (Å²) in [4.78, 5) is 23.1. The van der Waals surface area contributed by atoms with Crippen LogP contribution in [0.3, 0.4) is 0 Å². The maximum Gasteiger partial charge on any atom is 0.274 e. The van der Waals surface area contributed by atoms with E-state index in [1.165, 1.54) is 24.8 Å². The van der Waals surface area contributed by atoms with E-state index in [0.29, 0.717) is 18.3 Å².